The monoisotopic (exact) mass is 345 g/mol. The quantitative estimate of drug-likeness (QED) is 0.220. The fourth-order valence-electron chi connectivity index (χ4n) is 1.92. The maximum Gasteiger partial charge on any atom is 0.147 e. The lowest BCUT2D eigenvalue weighted by molar-refractivity contribution is 0.304. The van der Waals surface area contributed by atoms with E-state index in [2.05, 4.69) is 23.5 Å². The number of nitrogens with one attached hydrogen (secondary N) is 2. The van der Waals surface area contributed by atoms with Crippen molar-refractivity contribution < 1.29 is 9.13 Å². The zero-order chi connectivity index (χ0) is 18.8. The molecule has 134 valence electrons. The Morgan fingerprint density at radius 3 is 2.72 bits per heavy atom. The molecular weight excluding hydrogens is 323 g/mol. The molecule has 0 aromatic heterocycles. The lowest BCUT2D eigenvalue weighted by atomic mass is 10.1. The molecule has 0 spiro atoms. The van der Waals surface area contributed by atoms with Gasteiger partial charge < -0.3 is 26.5 Å². The zero-order valence-corrected chi connectivity index (χ0v) is 14.3. The standard InChI is InChI=1S/C18H22FN4O2/c1-5-7-14(12(3)25-4)16(20)11-18(21-6-2)22-13-8-9-17(23-24)15(19)10-13/h5,7-11,23H,1,3,6,20H2,2,4H3,(H,21,22)/q-1/b14-7+,16-11-. The van der Waals surface area contributed by atoms with Crippen LogP contribution in [0.25, 0.3) is 0 Å². The number of aliphatic imine (C=N–C) groups is 1. The smallest absolute Gasteiger partial charge is 0.147 e. The fourth-order valence-corrected chi connectivity index (χ4v) is 1.92. The molecule has 0 amide bonds. The minimum absolute atomic E-state index is 0.137. The Kier molecular flexibility index (Phi) is 7.95. The van der Waals surface area contributed by atoms with Crippen molar-refractivity contribution in [2.24, 2.45) is 10.7 Å². The van der Waals surface area contributed by atoms with E-state index in [1.807, 2.05) is 6.92 Å². The minimum atomic E-state index is -0.673. The number of benzene rings is 1. The summed E-state index contributed by atoms with van der Waals surface area (Å²) in [5, 5.41) is 13.5. The highest BCUT2D eigenvalue weighted by atomic mass is 19.1. The number of halogens is 1. The first-order valence-electron chi connectivity index (χ1n) is 7.49. The highest BCUT2D eigenvalue weighted by Gasteiger charge is 2.08. The van der Waals surface area contributed by atoms with E-state index in [0.29, 0.717) is 35.1 Å². The van der Waals surface area contributed by atoms with Crippen LogP contribution in [0.3, 0.4) is 0 Å². The Labute approximate surface area is 146 Å². The second-order valence-corrected chi connectivity index (χ2v) is 4.82. The van der Waals surface area contributed by atoms with Crippen LogP contribution < -0.4 is 16.5 Å². The van der Waals surface area contributed by atoms with Gasteiger partial charge in [-0.05, 0) is 31.2 Å². The van der Waals surface area contributed by atoms with Gasteiger partial charge in [-0.1, -0.05) is 19.2 Å². The van der Waals surface area contributed by atoms with Crippen molar-refractivity contribution >= 4 is 17.2 Å². The predicted molar refractivity (Wildman–Crippen MR) is 102 cm³/mol. The van der Waals surface area contributed by atoms with Crippen LogP contribution in [0.2, 0.25) is 0 Å². The lowest BCUT2D eigenvalue weighted by Gasteiger charge is -2.14. The fraction of sp³-hybridized carbons (Fsp3) is 0.167. The average Bonchev–Trinajstić information content (AvgIpc) is 2.59. The Morgan fingerprint density at radius 2 is 2.20 bits per heavy atom. The van der Waals surface area contributed by atoms with Gasteiger partial charge in [0.2, 0.25) is 0 Å². The summed E-state index contributed by atoms with van der Waals surface area (Å²) < 4.78 is 18.8. The molecule has 25 heavy (non-hydrogen) atoms. The van der Waals surface area contributed by atoms with Gasteiger partial charge in [0.1, 0.15) is 17.4 Å². The Balaban J connectivity index is 3.13. The van der Waals surface area contributed by atoms with Crippen LogP contribution in [-0.4, -0.2) is 19.5 Å². The Morgan fingerprint density at radius 1 is 1.48 bits per heavy atom. The van der Waals surface area contributed by atoms with Crippen LogP contribution >= 0.6 is 0 Å². The van der Waals surface area contributed by atoms with Crippen LogP contribution in [0.1, 0.15) is 6.92 Å². The summed E-state index contributed by atoms with van der Waals surface area (Å²) in [6.07, 6.45) is 4.81. The number of rotatable bonds is 8. The largest absolute Gasteiger partial charge is 0.761 e. The number of hydrogen-bond donors (Lipinski definition) is 3. The zero-order valence-electron chi connectivity index (χ0n) is 14.3. The third-order valence-electron chi connectivity index (χ3n) is 3.11. The van der Waals surface area contributed by atoms with E-state index >= 15 is 0 Å². The van der Waals surface area contributed by atoms with E-state index in [1.165, 1.54) is 24.7 Å². The van der Waals surface area contributed by atoms with E-state index in [-0.39, 0.29) is 5.69 Å². The third kappa shape index (κ3) is 5.82. The average molecular weight is 345 g/mol. The number of allylic oxidation sites excluding steroid dienone is 2. The molecule has 0 radical (unpaired) electrons. The summed E-state index contributed by atoms with van der Waals surface area (Å²) in [6.45, 7) is 9.75. The molecule has 0 saturated heterocycles. The minimum Gasteiger partial charge on any atom is -0.761 e. The van der Waals surface area contributed by atoms with E-state index in [4.69, 9.17) is 10.5 Å². The molecule has 0 fully saturated rings. The van der Waals surface area contributed by atoms with E-state index < -0.39 is 5.82 Å². The van der Waals surface area contributed by atoms with Crippen LogP contribution in [0, 0.1) is 11.0 Å². The van der Waals surface area contributed by atoms with Gasteiger partial charge in [-0.2, -0.15) is 0 Å². The molecule has 0 heterocycles. The van der Waals surface area contributed by atoms with Crippen molar-refractivity contribution in [1.82, 2.24) is 0 Å². The molecule has 0 aliphatic heterocycles. The van der Waals surface area contributed by atoms with Crippen molar-refractivity contribution in [3.05, 3.63) is 77.6 Å². The predicted octanol–water partition coefficient (Wildman–Crippen LogP) is 3.68. The Bertz CT molecular complexity index is 724. The summed E-state index contributed by atoms with van der Waals surface area (Å²) in [5.41, 5.74) is 8.82. The topological polar surface area (TPSA) is 94.7 Å². The molecule has 1 aromatic rings. The maximum absolute atomic E-state index is 13.7. The van der Waals surface area contributed by atoms with Gasteiger partial charge in [-0.25, -0.2) is 4.39 Å². The summed E-state index contributed by atoms with van der Waals surface area (Å²) >= 11 is 0. The lowest BCUT2D eigenvalue weighted by Crippen LogP contribution is -2.14. The summed E-state index contributed by atoms with van der Waals surface area (Å²) in [7, 11) is 1.49. The number of anilines is 2. The van der Waals surface area contributed by atoms with Gasteiger partial charge in [0.15, 0.2) is 0 Å². The molecule has 1 aromatic carbocycles. The van der Waals surface area contributed by atoms with Crippen molar-refractivity contribution in [2.75, 3.05) is 24.5 Å². The second-order valence-electron chi connectivity index (χ2n) is 4.82. The van der Waals surface area contributed by atoms with Crippen LogP contribution in [0.15, 0.2) is 71.6 Å². The molecule has 7 heteroatoms. The molecule has 6 nitrogen and oxygen atoms in total. The van der Waals surface area contributed by atoms with Gasteiger partial charge in [-0.15, -0.1) is 0 Å². The van der Waals surface area contributed by atoms with Crippen LogP contribution in [-0.2, 0) is 4.74 Å². The van der Waals surface area contributed by atoms with Gasteiger partial charge in [0.05, 0.1) is 12.8 Å². The molecule has 0 atom stereocenters. The van der Waals surface area contributed by atoms with Gasteiger partial charge >= 0.3 is 0 Å². The van der Waals surface area contributed by atoms with Gasteiger partial charge in [-0.3, -0.25) is 4.99 Å². The van der Waals surface area contributed by atoms with Crippen LogP contribution in [0.4, 0.5) is 15.8 Å². The SMILES string of the molecule is C=C/C=C(C(=C)OC)/C(N)=C/C(=NCC)Nc1ccc(N[O-])c(F)c1. The first-order chi connectivity index (χ1) is 12.0. The number of nitrogens with zero attached hydrogens (tertiary/aromatic N) is 1. The van der Waals surface area contributed by atoms with Crippen LogP contribution in [0.5, 0.6) is 0 Å². The van der Waals surface area contributed by atoms with Gasteiger partial charge in [0.25, 0.3) is 0 Å². The van der Waals surface area contributed by atoms with Gasteiger partial charge in [0, 0.05) is 29.6 Å². The van der Waals surface area contributed by atoms with Crippen molar-refractivity contribution in [3.63, 3.8) is 0 Å². The first-order valence-corrected chi connectivity index (χ1v) is 7.49. The molecule has 0 unspecified atom stereocenters. The molecule has 0 saturated carbocycles. The van der Waals surface area contributed by atoms with Crippen molar-refractivity contribution in [2.45, 2.75) is 6.92 Å². The first kappa shape index (κ1) is 20.0. The number of methoxy groups -OCH3 is 1. The highest BCUT2D eigenvalue weighted by Crippen LogP contribution is 2.19. The number of ether oxygens (including phenoxy) is 1. The number of hydrogen-bond acceptors (Lipinski definition) is 5. The second kappa shape index (κ2) is 9.94. The van der Waals surface area contributed by atoms with Crippen molar-refractivity contribution in [1.29, 1.82) is 0 Å². The summed E-state index contributed by atoms with van der Waals surface area (Å²) in [4.78, 5) is 4.29. The molecule has 4 N–H and O–H groups in total. The van der Waals surface area contributed by atoms with E-state index in [9.17, 15) is 9.60 Å². The van der Waals surface area contributed by atoms with E-state index in [1.54, 1.807) is 24.3 Å². The van der Waals surface area contributed by atoms with E-state index in [0.717, 1.165) is 0 Å². The normalized spacial score (nSPS) is 12.6. The molecule has 0 aliphatic carbocycles. The molecule has 1 rings (SSSR count). The summed E-state index contributed by atoms with van der Waals surface area (Å²) in [6, 6.07) is 4.06. The van der Waals surface area contributed by atoms with Crippen molar-refractivity contribution in [3.8, 4) is 0 Å². The summed E-state index contributed by atoms with van der Waals surface area (Å²) in [5.74, 6) is 0.121. The number of amidine groups is 1. The Hall–Kier alpha value is -3.06. The maximum atomic E-state index is 13.7. The number of nitrogens with two attached hydrogens (primary N) is 1. The molecular formula is C18H22FN4O2-. The highest BCUT2D eigenvalue weighted by molar-refractivity contribution is 6.04. The molecule has 0 aliphatic rings. The molecule has 0 bridgehead atoms. The third-order valence-corrected chi connectivity index (χ3v) is 3.11.